The van der Waals surface area contributed by atoms with Crippen molar-refractivity contribution >= 4 is 11.8 Å². The standard InChI is InChI=1S/C14H24N2O2/c1-9-6-10(8-14(2,3)7-9)15-11-4-5-12(17)16-13(11)18/h9-11,15H,4-8H2,1-3H3,(H,16,17,18). The van der Waals surface area contributed by atoms with Gasteiger partial charge in [-0.1, -0.05) is 20.8 Å². The van der Waals surface area contributed by atoms with Crippen molar-refractivity contribution in [3.05, 3.63) is 0 Å². The summed E-state index contributed by atoms with van der Waals surface area (Å²) in [5.41, 5.74) is 0.344. The molecule has 0 radical (unpaired) electrons. The topological polar surface area (TPSA) is 58.2 Å². The summed E-state index contributed by atoms with van der Waals surface area (Å²) < 4.78 is 0. The van der Waals surface area contributed by atoms with Crippen molar-refractivity contribution in [3.8, 4) is 0 Å². The first-order chi connectivity index (χ1) is 8.35. The molecular formula is C14H24N2O2. The Hall–Kier alpha value is -0.900. The van der Waals surface area contributed by atoms with Gasteiger partial charge in [0.15, 0.2) is 0 Å². The first-order valence-corrected chi connectivity index (χ1v) is 6.95. The van der Waals surface area contributed by atoms with E-state index in [1.807, 2.05) is 0 Å². The second-order valence-corrected chi connectivity index (χ2v) is 6.78. The summed E-state index contributed by atoms with van der Waals surface area (Å²) in [5.74, 6) is 0.400. The van der Waals surface area contributed by atoms with Gasteiger partial charge in [0, 0.05) is 12.5 Å². The molecule has 2 aliphatic rings. The molecule has 2 N–H and O–H groups in total. The minimum Gasteiger partial charge on any atom is -0.303 e. The zero-order chi connectivity index (χ0) is 13.3. The Morgan fingerprint density at radius 1 is 1.28 bits per heavy atom. The number of nitrogens with one attached hydrogen (secondary N) is 2. The minimum absolute atomic E-state index is 0.143. The van der Waals surface area contributed by atoms with E-state index in [9.17, 15) is 9.59 Å². The van der Waals surface area contributed by atoms with E-state index >= 15 is 0 Å². The fourth-order valence-corrected chi connectivity index (χ4v) is 3.61. The number of piperidine rings is 1. The summed E-state index contributed by atoms with van der Waals surface area (Å²) >= 11 is 0. The molecule has 2 amide bonds. The third-order valence-electron chi connectivity index (χ3n) is 4.06. The molecule has 0 aromatic rings. The largest absolute Gasteiger partial charge is 0.303 e. The fourth-order valence-electron chi connectivity index (χ4n) is 3.61. The molecule has 0 bridgehead atoms. The molecule has 2 rings (SSSR count). The van der Waals surface area contributed by atoms with E-state index in [1.54, 1.807) is 0 Å². The number of imide groups is 1. The van der Waals surface area contributed by atoms with Crippen LogP contribution in [0.2, 0.25) is 0 Å². The highest BCUT2D eigenvalue weighted by Crippen LogP contribution is 2.38. The van der Waals surface area contributed by atoms with Gasteiger partial charge in [0.25, 0.3) is 0 Å². The lowest BCUT2D eigenvalue weighted by Crippen LogP contribution is -2.55. The van der Waals surface area contributed by atoms with Crippen molar-refractivity contribution in [2.75, 3.05) is 0 Å². The van der Waals surface area contributed by atoms with Crippen LogP contribution in [0.1, 0.15) is 52.9 Å². The highest BCUT2D eigenvalue weighted by atomic mass is 16.2. The van der Waals surface area contributed by atoms with Gasteiger partial charge >= 0.3 is 0 Å². The van der Waals surface area contributed by atoms with Crippen molar-refractivity contribution in [2.24, 2.45) is 11.3 Å². The predicted molar refractivity (Wildman–Crippen MR) is 69.9 cm³/mol. The Morgan fingerprint density at radius 2 is 2.00 bits per heavy atom. The van der Waals surface area contributed by atoms with Gasteiger partial charge in [-0.15, -0.1) is 0 Å². The molecule has 18 heavy (non-hydrogen) atoms. The van der Waals surface area contributed by atoms with Crippen molar-refractivity contribution in [2.45, 2.75) is 65.0 Å². The molecular weight excluding hydrogens is 228 g/mol. The number of rotatable bonds is 2. The molecule has 3 unspecified atom stereocenters. The van der Waals surface area contributed by atoms with E-state index in [0.29, 0.717) is 30.2 Å². The zero-order valence-electron chi connectivity index (χ0n) is 11.6. The van der Waals surface area contributed by atoms with Gasteiger partial charge in [-0.05, 0) is 37.0 Å². The Labute approximate surface area is 109 Å². The van der Waals surface area contributed by atoms with Gasteiger partial charge < -0.3 is 5.32 Å². The molecule has 1 heterocycles. The van der Waals surface area contributed by atoms with E-state index in [2.05, 4.69) is 31.4 Å². The summed E-state index contributed by atoms with van der Waals surface area (Å²) in [6, 6.07) is 0.210. The number of amides is 2. The maximum atomic E-state index is 11.7. The minimum atomic E-state index is -0.186. The molecule has 1 aliphatic heterocycles. The van der Waals surface area contributed by atoms with Crippen LogP contribution in [0, 0.1) is 11.3 Å². The van der Waals surface area contributed by atoms with E-state index < -0.39 is 0 Å². The van der Waals surface area contributed by atoms with Crippen LogP contribution in [0.4, 0.5) is 0 Å². The van der Waals surface area contributed by atoms with Crippen LogP contribution in [-0.4, -0.2) is 23.9 Å². The lowest BCUT2D eigenvalue weighted by molar-refractivity contribution is -0.135. The molecule has 1 aliphatic carbocycles. The van der Waals surface area contributed by atoms with E-state index in [1.165, 1.54) is 6.42 Å². The Morgan fingerprint density at radius 3 is 2.61 bits per heavy atom. The third-order valence-corrected chi connectivity index (χ3v) is 4.06. The lowest BCUT2D eigenvalue weighted by atomic mass is 9.70. The van der Waals surface area contributed by atoms with E-state index in [0.717, 1.165) is 12.8 Å². The Kier molecular flexibility index (Phi) is 3.76. The van der Waals surface area contributed by atoms with Crippen LogP contribution in [0.15, 0.2) is 0 Å². The summed E-state index contributed by atoms with van der Waals surface area (Å²) in [7, 11) is 0. The molecule has 3 atom stereocenters. The van der Waals surface area contributed by atoms with Gasteiger partial charge in [0.1, 0.15) is 0 Å². The average molecular weight is 252 g/mol. The molecule has 102 valence electrons. The maximum absolute atomic E-state index is 11.7. The normalized spacial score (nSPS) is 36.3. The van der Waals surface area contributed by atoms with Crippen molar-refractivity contribution in [3.63, 3.8) is 0 Å². The first-order valence-electron chi connectivity index (χ1n) is 6.95. The van der Waals surface area contributed by atoms with Crippen LogP contribution in [0.5, 0.6) is 0 Å². The summed E-state index contributed by atoms with van der Waals surface area (Å²) in [6.07, 6.45) is 4.57. The van der Waals surface area contributed by atoms with E-state index in [-0.39, 0.29) is 17.9 Å². The monoisotopic (exact) mass is 252 g/mol. The number of hydrogen-bond acceptors (Lipinski definition) is 3. The van der Waals surface area contributed by atoms with Crippen molar-refractivity contribution < 1.29 is 9.59 Å². The van der Waals surface area contributed by atoms with Crippen LogP contribution < -0.4 is 10.6 Å². The third kappa shape index (κ3) is 3.31. The molecule has 4 heteroatoms. The Bertz CT molecular complexity index is 352. The van der Waals surface area contributed by atoms with Crippen molar-refractivity contribution in [1.82, 2.24) is 10.6 Å². The maximum Gasteiger partial charge on any atom is 0.243 e. The molecule has 1 saturated carbocycles. The van der Waals surface area contributed by atoms with Crippen LogP contribution in [0.25, 0.3) is 0 Å². The smallest absolute Gasteiger partial charge is 0.243 e. The van der Waals surface area contributed by atoms with Gasteiger partial charge in [0.2, 0.25) is 11.8 Å². The number of carbonyl (C=O) groups is 2. The van der Waals surface area contributed by atoms with E-state index in [4.69, 9.17) is 0 Å². The van der Waals surface area contributed by atoms with Crippen LogP contribution >= 0.6 is 0 Å². The van der Waals surface area contributed by atoms with Crippen LogP contribution in [-0.2, 0) is 9.59 Å². The van der Waals surface area contributed by atoms with Crippen molar-refractivity contribution in [1.29, 1.82) is 0 Å². The predicted octanol–water partition coefficient (Wildman–Crippen LogP) is 1.60. The average Bonchev–Trinajstić information content (AvgIpc) is 2.19. The van der Waals surface area contributed by atoms with Gasteiger partial charge in [-0.2, -0.15) is 0 Å². The summed E-state index contributed by atoms with van der Waals surface area (Å²) in [6.45, 7) is 6.86. The second-order valence-electron chi connectivity index (χ2n) is 6.78. The highest BCUT2D eigenvalue weighted by Gasteiger charge is 2.35. The zero-order valence-corrected chi connectivity index (χ0v) is 11.6. The number of carbonyl (C=O) groups excluding carboxylic acids is 2. The first kappa shape index (κ1) is 13.5. The SMILES string of the molecule is CC1CC(NC2CCC(=O)NC2=O)CC(C)(C)C1. The lowest BCUT2D eigenvalue weighted by Gasteiger charge is -2.41. The Balaban J connectivity index is 1.93. The van der Waals surface area contributed by atoms with Gasteiger partial charge in [-0.25, -0.2) is 0 Å². The second kappa shape index (κ2) is 5.00. The molecule has 0 aromatic heterocycles. The molecule has 0 spiro atoms. The molecule has 4 nitrogen and oxygen atoms in total. The molecule has 0 aromatic carbocycles. The summed E-state index contributed by atoms with van der Waals surface area (Å²) in [5, 5.41) is 5.86. The molecule has 2 fully saturated rings. The highest BCUT2D eigenvalue weighted by molar-refractivity contribution is 6.00. The quantitative estimate of drug-likeness (QED) is 0.734. The van der Waals surface area contributed by atoms with Gasteiger partial charge in [-0.3, -0.25) is 14.9 Å². The summed E-state index contributed by atoms with van der Waals surface area (Å²) in [4.78, 5) is 22.8. The van der Waals surface area contributed by atoms with Crippen LogP contribution in [0.3, 0.4) is 0 Å². The number of hydrogen-bond donors (Lipinski definition) is 2. The fraction of sp³-hybridized carbons (Fsp3) is 0.857. The molecule has 1 saturated heterocycles. The van der Waals surface area contributed by atoms with Gasteiger partial charge in [0.05, 0.1) is 6.04 Å².